The van der Waals surface area contributed by atoms with Gasteiger partial charge in [-0.15, -0.1) is 10.2 Å². The minimum atomic E-state index is -1.11. The molecule has 1 aromatic carbocycles. The summed E-state index contributed by atoms with van der Waals surface area (Å²) in [5, 5.41) is 17.0. The number of carboxylic acids is 1. The van der Waals surface area contributed by atoms with Gasteiger partial charge < -0.3 is 13.9 Å². The van der Waals surface area contributed by atoms with E-state index in [1.807, 2.05) is 18.2 Å². The quantitative estimate of drug-likeness (QED) is 0.383. The van der Waals surface area contributed by atoms with Crippen LogP contribution in [0.4, 0.5) is 0 Å². The number of rotatable bonds is 5. The highest BCUT2D eigenvalue weighted by Gasteiger charge is 2.16. The zero-order valence-corrected chi connectivity index (χ0v) is 16.7. The first-order valence-electron chi connectivity index (χ1n) is 6.90. The van der Waals surface area contributed by atoms with Gasteiger partial charge in [-0.25, -0.2) is 4.79 Å². The fourth-order valence-electron chi connectivity index (χ4n) is 1.94. The summed E-state index contributed by atoms with van der Waals surface area (Å²) in [4.78, 5) is 11.5. The van der Waals surface area contributed by atoms with Gasteiger partial charge in [0.2, 0.25) is 5.89 Å². The molecule has 0 atom stereocenters. The van der Waals surface area contributed by atoms with Gasteiger partial charge in [-0.05, 0) is 42.1 Å². The maximum absolute atomic E-state index is 11.5. The van der Waals surface area contributed by atoms with Gasteiger partial charge in [0.1, 0.15) is 16.4 Å². The number of carboxylic acid groups (broad SMARTS) is 1. The molecule has 2 aromatic heterocycles. The molecule has 25 heavy (non-hydrogen) atoms. The van der Waals surface area contributed by atoms with Crippen molar-refractivity contribution in [3.8, 4) is 11.3 Å². The highest BCUT2D eigenvalue weighted by atomic mass is 79.9. The van der Waals surface area contributed by atoms with Gasteiger partial charge >= 0.3 is 5.97 Å². The van der Waals surface area contributed by atoms with Crippen molar-refractivity contribution in [2.75, 3.05) is 0 Å². The Balaban J connectivity index is 1.90. The molecular weight excluding hydrogens is 476 g/mol. The van der Waals surface area contributed by atoms with Crippen molar-refractivity contribution in [2.45, 2.75) is 12.1 Å². The number of benzene rings is 1. The van der Waals surface area contributed by atoms with Crippen LogP contribution in [0.15, 0.2) is 58.2 Å². The molecule has 0 saturated carbocycles. The van der Waals surface area contributed by atoms with Crippen molar-refractivity contribution in [3.63, 3.8) is 0 Å². The van der Waals surface area contributed by atoms with Gasteiger partial charge in [-0.2, -0.15) is 0 Å². The summed E-state index contributed by atoms with van der Waals surface area (Å²) in [5.41, 5.74) is 0.853. The second kappa shape index (κ2) is 7.59. The van der Waals surface area contributed by atoms with Crippen molar-refractivity contribution in [3.05, 3.63) is 55.8 Å². The van der Waals surface area contributed by atoms with Crippen LogP contribution in [-0.4, -0.2) is 21.3 Å². The number of hydrogen-bond acceptors (Lipinski definition) is 6. The first-order valence-corrected chi connectivity index (χ1v) is 9.31. The first kappa shape index (κ1) is 18.0. The molecule has 9 heteroatoms. The standard InChI is InChI=1S/C16H10Br2N2O4S/c1-8-19-20-16(23-8)25-14(15(21)22)7-10-3-5-13(24-10)11-6-9(17)2-4-12(11)18/h2-7H,1H3,(H,21,22)/b14-7+. The number of aromatic nitrogens is 2. The third kappa shape index (κ3) is 4.42. The van der Waals surface area contributed by atoms with Gasteiger partial charge in [0, 0.05) is 27.5 Å². The van der Waals surface area contributed by atoms with Crippen LogP contribution >= 0.6 is 43.6 Å². The second-order valence-corrected chi connectivity index (χ2v) is 7.59. The third-order valence-electron chi connectivity index (χ3n) is 3.01. The first-order chi connectivity index (χ1) is 11.9. The summed E-state index contributed by atoms with van der Waals surface area (Å²) in [5.74, 6) is 0.278. The number of aliphatic carboxylic acids is 1. The Morgan fingerprint density at radius 3 is 2.68 bits per heavy atom. The Morgan fingerprint density at radius 1 is 1.20 bits per heavy atom. The van der Waals surface area contributed by atoms with E-state index >= 15 is 0 Å². The zero-order chi connectivity index (χ0) is 18.0. The monoisotopic (exact) mass is 484 g/mol. The lowest BCUT2D eigenvalue weighted by molar-refractivity contribution is -0.131. The lowest BCUT2D eigenvalue weighted by Gasteiger charge is -2.02. The molecule has 0 amide bonds. The van der Waals surface area contributed by atoms with Gasteiger partial charge in [-0.1, -0.05) is 31.9 Å². The highest BCUT2D eigenvalue weighted by Crippen LogP contribution is 2.34. The number of aryl methyl sites for hydroxylation is 1. The van der Waals surface area contributed by atoms with E-state index in [-0.39, 0.29) is 10.1 Å². The van der Waals surface area contributed by atoms with E-state index < -0.39 is 5.97 Å². The average molecular weight is 486 g/mol. The number of nitrogens with zero attached hydrogens (tertiary/aromatic N) is 2. The number of halogens is 2. The summed E-state index contributed by atoms with van der Waals surface area (Å²) >= 11 is 7.76. The fourth-order valence-corrected chi connectivity index (χ4v) is 3.44. The topological polar surface area (TPSA) is 89.4 Å². The van der Waals surface area contributed by atoms with Crippen LogP contribution in [0, 0.1) is 6.92 Å². The van der Waals surface area contributed by atoms with Crippen LogP contribution in [-0.2, 0) is 4.79 Å². The SMILES string of the molecule is Cc1nnc(S/C(=C/c2ccc(-c3cc(Br)ccc3Br)o2)C(=O)O)o1. The lowest BCUT2D eigenvalue weighted by atomic mass is 10.2. The molecule has 0 unspecified atom stereocenters. The molecule has 2 heterocycles. The molecule has 0 bridgehead atoms. The average Bonchev–Trinajstić information content (AvgIpc) is 3.18. The molecule has 6 nitrogen and oxygen atoms in total. The Morgan fingerprint density at radius 2 is 2.00 bits per heavy atom. The molecule has 0 aliphatic heterocycles. The minimum Gasteiger partial charge on any atom is -0.477 e. The molecule has 1 N–H and O–H groups in total. The molecule has 0 aliphatic rings. The fraction of sp³-hybridized carbons (Fsp3) is 0.0625. The molecule has 3 rings (SSSR count). The molecule has 3 aromatic rings. The van der Waals surface area contributed by atoms with E-state index in [4.69, 9.17) is 8.83 Å². The minimum absolute atomic E-state index is 0.0119. The zero-order valence-electron chi connectivity index (χ0n) is 12.7. The Bertz CT molecular complexity index is 965. The van der Waals surface area contributed by atoms with Gasteiger partial charge in [0.05, 0.1) is 0 Å². The molecule has 128 valence electrons. The predicted octanol–water partition coefficient (Wildman–Crippen LogP) is 5.38. The van der Waals surface area contributed by atoms with Gasteiger partial charge in [-0.3, -0.25) is 0 Å². The predicted molar refractivity (Wildman–Crippen MR) is 100 cm³/mol. The van der Waals surface area contributed by atoms with Crippen molar-refractivity contribution >= 4 is 55.7 Å². The van der Waals surface area contributed by atoms with E-state index in [1.54, 1.807) is 19.1 Å². The van der Waals surface area contributed by atoms with Crippen molar-refractivity contribution in [1.82, 2.24) is 10.2 Å². The van der Waals surface area contributed by atoms with Crippen molar-refractivity contribution in [2.24, 2.45) is 0 Å². The van der Waals surface area contributed by atoms with Crippen molar-refractivity contribution < 1.29 is 18.7 Å². The number of thioether (sulfide) groups is 1. The smallest absolute Gasteiger partial charge is 0.342 e. The van der Waals surface area contributed by atoms with Crippen molar-refractivity contribution in [1.29, 1.82) is 0 Å². The Kier molecular flexibility index (Phi) is 5.45. The van der Waals surface area contributed by atoms with Crippen LogP contribution in [0.3, 0.4) is 0 Å². The Labute approximate surface area is 163 Å². The summed E-state index contributed by atoms with van der Waals surface area (Å²) < 4.78 is 12.7. The number of hydrogen-bond donors (Lipinski definition) is 1. The maximum atomic E-state index is 11.5. The van der Waals surface area contributed by atoms with Crippen LogP contribution in [0.5, 0.6) is 0 Å². The van der Waals surface area contributed by atoms with E-state index in [2.05, 4.69) is 42.1 Å². The normalized spacial score (nSPS) is 11.7. The maximum Gasteiger partial charge on any atom is 0.342 e. The highest BCUT2D eigenvalue weighted by molar-refractivity contribution is 9.11. The summed E-state index contributed by atoms with van der Waals surface area (Å²) in [6, 6.07) is 9.19. The van der Waals surface area contributed by atoms with Crippen LogP contribution in [0.2, 0.25) is 0 Å². The summed E-state index contributed by atoms with van der Waals surface area (Å²) in [7, 11) is 0. The summed E-state index contributed by atoms with van der Waals surface area (Å²) in [6.45, 7) is 1.63. The summed E-state index contributed by atoms with van der Waals surface area (Å²) in [6.07, 6.45) is 1.42. The molecule has 0 saturated heterocycles. The van der Waals surface area contributed by atoms with E-state index in [0.717, 1.165) is 26.3 Å². The van der Waals surface area contributed by atoms with E-state index in [0.29, 0.717) is 17.4 Å². The second-order valence-electron chi connectivity index (χ2n) is 4.83. The molecule has 0 fully saturated rings. The van der Waals surface area contributed by atoms with Crippen LogP contribution in [0.25, 0.3) is 17.4 Å². The van der Waals surface area contributed by atoms with Gasteiger partial charge in [0.25, 0.3) is 5.22 Å². The third-order valence-corrected chi connectivity index (χ3v) is 5.05. The van der Waals surface area contributed by atoms with Crippen LogP contribution < -0.4 is 0 Å². The van der Waals surface area contributed by atoms with Gasteiger partial charge in [0.15, 0.2) is 0 Å². The molecule has 0 radical (unpaired) electrons. The Hall–Kier alpha value is -1.84. The molecule has 0 spiro atoms. The molecule has 0 aliphatic carbocycles. The number of carbonyl (C=O) groups is 1. The van der Waals surface area contributed by atoms with E-state index in [9.17, 15) is 9.90 Å². The lowest BCUT2D eigenvalue weighted by Crippen LogP contribution is -1.96. The number of furan rings is 1. The largest absolute Gasteiger partial charge is 0.477 e. The van der Waals surface area contributed by atoms with Crippen LogP contribution in [0.1, 0.15) is 11.7 Å². The molecular formula is C16H10Br2N2O4S. The van der Waals surface area contributed by atoms with E-state index in [1.165, 1.54) is 6.08 Å².